The van der Waals surface area contributed by atoms with Gasteiger partial charge in [-0.2, -0.15) is 0 Å². The number of aliphatic hydroxyl groups is 1. The average molecular weight is 232 g/mol. The van der Waals surface area contributed by atoms with Crippen LogP contribution in [-0.2, 0) is 5.60 Å². The molecule has 1 fully saturated rings. The summed E-state index contributed by atoms with van der Waals surface area (Å²) < 4.78 is 0. The van der Waals surface area contributed by atoms with Gasteiger partial charge in [-0.15, -0.1) is 11.3 Å². The molecule has 0 aliphatic heterocycles. The lowest BCUT2D eigenvalue weighted by Crippen LogP contribution is -2.29. The van der Waals surface area contributed by atoms with E-state index in [0.29, 0.717) is 5.92 Å². The van der Waals surface area contributed by atoms with Gasteiger partial charge in [0.15, 0.2) is 0 Å². The SMILES string of the molecule is OC(c1cncnc1)(c1cccs1)C1CC1. The molecular formula is C12H12N2OS. The highest BCUT2D eigenvalue weighted by Gasteiger charge is 2.47. The first-order chi connectivity index (χ1) is 7.82. The molecule has 1 aliphatic carbocycles. The predicted molar refractivity (Wildman–Crippen MR) is 62.1 cm³/mol. The summed E-state index contributed by atoms with van der Waals surface area (Å²) in [5.41, 5.74) is -0.0740. The van der Waals surface area contributed by atoms with Gasteiger partial charge in [-0.05, 0) is 30.2 Å². The Bertz CT molecular complexity index is 467. The van der Waals surface area contributed by atoms with Crippen LogP contribution in [0.4, 0.5) is 0 Å². The Hall–Kier alpha value is -1.26. The third-order valence-corrected chi connectivity index (χ3v) is 4.06. The zero-order chi connectivity index (χ0) is 11.0. The molecule has 2 heterocycles. The van der Waals surface area contributed by atoms with Gasteiger partial charge >= 0.3 is 0 Å². The van der Waals surface area contributed by atoms with Gasteiger partial charge in [0.25, 0.3) is 0 Å². The fraction of sp³-hybridized carbons (Fsp3) is 0.333. The fourth-order valence-electron chi connectivity index (χ4n) is 2.07. The molecule has 4 heteroatoms. The zero-order valence-electron chi connectivity index (χ0n) is 8.71. The summed E-state index contributed by atoms with van der Waals surface area (Å²) in [7, 11) is 0. The van der Waals surface area contributed by atoms with Crippen molar-refractivity contribution < 1.29 is 5.11 Å². The van der Waals surface area contributed by atoms with Gasteiger partial charge in [0.05, 0.1) is 0 Å². The molecule has 0 radical (unpaired) electrons. The molecule has 0 amide bonds. The smallest absolute Gasteiger partial charge is 0.129 e. The van der Waals surface area contributed by atoms with Crippen molar-refractivity contribution in [1.29, 1.82) is 0 Å². The van der Waals surface area contributed by atoms with Crippen molar-refractivity contribution in [3.63, 3.8) is 0 Å². The van der Waals surface area contributed by atoms with Crippen LogP contribution in [-0.4, -0.2) is 15.1 Å². The van der Waals surface area contributed by atoms with Crippen LogP contribution in [0.5, 0.6) is 0 Å². The van der Waals surface area contributed by atoms with Crippen molar-refractivity contribution in [2.24, 2.45) is 5.92 Å². The molecule has 0 saturated heterocycles. The summed E-state index contributed by atoms with van der Waals surface area (Å²) in [6.45, 7) is 0. The van der Waals surface area contributed by atoms with Gasteiger partial charge in [-0.3, -0.25) is 0 Å². The van der Waals surface area contributed by atoms with E-state index >= 15 is 0 Å². The first-order valence-corrected chi connectivity index (χ1v) is 6.21. The molecule has 0 bridgehead atoms. The number of aromatic nitrogens is 2. The van der Waals surface area contributed by atoms with Crippen LogP contribution >= 0.6 is 11.3 Å². The molecule has 1 saturated carbocycles. The van der Waals surface area contributed by atoms with Crippen LogP contribution in [0.1, 0.15) is 23.3 Å². The third kappa shape index (κ3) is 1.45. The summed E-state index contributed by atoms with van der Waals surface area (Å²) >= 11 is 1.59. The average Bonchev–Trinajstić information content (AvgIpc) is 3.05. The summed E-state index contributed by atoms with van der Waals surface area (Å²) in [5.74, 6) is 0.317. The maximum atomic E-state index is 10.9. The molecule has 1 unspecified atom stereocenters. The highest BCUT2D eigenvalue weighted by molar-refractivity contribution is 7.10. The third-order valence-electron chi connectivity index (χ3n) is 3.07. The molecule has 0 aromatic carbocycles. The maximum absolute atomic E-state index is 10.9. The van der Waals surface area contributed by atoms with E-state index in [1.165, 1.54) is 6.33 Å². The normalized spacial score (nSPS) is 19.3. The standard InChI is InChI=1S/C12H12N2OS/c15-12(9-3-4-9,11-2-1-5-16-11)10-6-13-8-14-7-10/h1-2,5-9,15H,3-4H2. The highest BCUT2D eigenvalue weighted by atomic mass is 32.1. The van der Waals surface area contributed by atoms with E-state index in [0.717, 1.165) is 23.3 Å². The largest absolute Gasteiger partial charge is 0.379 e. The molecule has 0 spiro atoms. The van der Waals surface area contributed by atoms with E-state index in [2.05, 4.69) is 9.97 Å². The maximum Gasteiger partial charge on any atom is 0.129 e. The van der Waals surface area contributed by atoms with E-state index in [4.69, 9.17) is 0 Å². The topological polar surface area (TPSA) is 46.0 Å². The van der Waals surface area contributed by atoms with Gasteiger partial charge < -0.3 is 5.11 Å². The van der Waals surface area contributed by atoms with Gasteiger partial charge in [0.1, 0.15) is 11.9 Å². The lowest BCUT2D eigenvalue weighted by molar-refractivity contribution is 0.0595. The van der Waals surface area contributed by atoms with Crippen molar-refractivity contribution in [2.45, 2.75) is 18.4 Å². The van der Waals surface area contributed by atoms with Crippen molar-refractivity contribution in [2.75, 3.05) is 0 Å². The Kier molecular flexibility index (Phi) is 2.26. The minimum Gasteiger partial charge on any atom is -0.379 e. The van der Waals surface area contributed by atoms with Gasteiger partial charge in [-0.1, -0.05) is 6.07 Å². The van der Waals surface area contributed by atoms with Crippen LogP contribution < -0.4 is 0 Å². The van der Waals surface area contributed by atoms with Crippen molar-refractivity contribution in [1.82, 2.24) is 9.97 Å². The number of hydrogen-bond donors (Lipinski definition) is 1. The monoisotopic (exact) mass is 232 g/mol. The predicted octanol–water partition coefficient (Wildman–Crippen LogP) is 2.18. The van der Waals surface area contributed by atoms with Crippen molar-refractivity contribution in [3.05, 3.63) is 46.7 Å². The van der Waals surface area contributed by atoms with E-state index in [9.17, 15) is 5.11 Å². The summed E-state index contributed by atoms with van der Waals surface area (Å²) in [5, 5.41) is 12.9. The molecule has 2 aromatic rings. The molecule has 1 N–H and O–H groups in total. The molecule has 82 valence electrons. The molecular weight excluding hydrogens is 220 g/mol. The van der Waals surface area contributed by atoms with E-state index in [1.807, 2.05) is 17.5 Å². The van der Waals surface area contributed by atoms with E-state index in [1.54, 1.807) is 23.7 Å². The lowest BCUT2D eigenvalue weighted by atomic mass is 9.89. The second-order valence-electron chi connectivity index (χ2n) is 4.15. The summed E-state index contributed by atoms with van der Waals surface area (Å²) in [6.07, 6.45) is 7.06. The number of thiophene rings is 1. The quantitative estimate of drug-likeness (QED) is 0.882. The molecule has 3 rings (SSSR count). The summed E-state index contributed by atoms with van der Waals surface area (Å²) in [6, 6.07) is 3.95. The second-order valence-corrected chi connectivity index (χ2v) is 5.09. The van der Waals surface area contributed by atoms with Crippen LogP contribution in [0.15, 0.2) is 36.2 Å². The Morgan fingerprint density at radius 1 is 1.31 bits per heavy atom. The molecule has 3 nitrogen and oxygen atoms in total. The van der Waals surface area contributed by atoms with Gasteiger partial charge in [0, 0.05) is 22.8 Å². The number of rotatable bonds is 3. The minimum atomic E-state index is -0.880. The van der Waals surface area contributed by atoms with Crippen LogP contribution in [0.3, 0.4) is 0 Å². The van der Waals surface area contributed by atoms with Gasteiger partial charge in [0.2, 0.25) is 0 Å². The Morgan fingerprint density at radius 2 is 2.06 bits per heavy atom. The van der Waals surface area contributed by atoms with Gasteiger partial charge in [-0.25, -0.2) is 9.97 Å². The van der Waals surface area contributed by atoms with Crippen LogP contribution in [0.25, 0.3) is 0 Å². The fourth-order valence-corrected chi connectivity index (χ4v) is 3.00. The summed E-state index contributed by atoms with van der Waals surface area (Å²) in [4.78, 5) is 9.00. The first-order valence-electron chi connectivity index (χ1n) is 5.33. The molecule has 1 atom stereocenters. The number of hydrogen-bond acceptors (Lipinski definition) is 4. The van der Waals surface area contributed by atoms with E-state index in [-0.39, 0.29) is 0 Å². The van der Waals surface area contributed by atoms with Crippen LogP contribution in [0.2, 0.25) is 0 Å². The Morgan fingerprint density at radius 3 is 2.62 bits per heavy atom. The van der Waals surface area contributed by atoms with Crippen LogP contribution in [0, 0.1) is 5.92 Å². The minimum absolute atomic E-state index is 0.317. The van der Waals surface area contributed by atoms with Crippen molar-refractivity contribution >= 4 is 11.3 Å². The first kappa shape index (κ1) is 9.93. The molecule has 16 heavy (non-hydrogen) atoms. The molecule has 2 aromatic heterocycles. The van der Waals surface area contributed by atoms with E-state index < -0.39 is 5.60 Å². The Balaban J connectivity index is 2.10. The molecule has 1 aliphatic rings. The Labute approximate surface area is 97.8 Å². The number of nitrogens with zero attached hydrogens (tertiary/aromatic N) is 2. The van der Waals surface area contributed by atoms with Crippen molar-refractivity contribution in [3.8, 4) is 0 Å². The zero-order valence-corrected chi connectivity index (χ0v) is 9.52. The highest BCUT2D eigenvalue weighted by Crippen LogP contribution is 2.50. The lowest BCUT2D eigenvalue weighted by Gasteiger charge is -2.26. The second kappa shape index (κ2) is 3.64.